The summed E-state index contributed by atoms with van der Waals surface area (Å²) in [5.41, 5.74) is 5.95. The molecule has 7 atom stereocenters. The van der Waals surface area contributed by atoms with Gasteiger partial charge in [0.1, 0.15) is 0 Å². The zero-order chi connectivity index (χ0) is 21.4. The van der Waals surface area contributed by atoms with Crippen molar-refractivity contribution in [2.45, 2.75) is 82.7 Å². The molecule has 0 radical (unpaired) electrons. The van der Waals surface area contributed by atoms with E-state index in [0.717, 1.165) is 63.1 Å². The maximum absolute atomic E-state index is 13.7. The molecule has 3 saturated carbocycles. The molecule has 2 heterocycles. The molecule has 7 unspecified atom stereocenters. The van der Waals surface area contributed by atoms with E-state index in [9.17, 15) is 4.79 Å². The summed E-state index contributed by atoms with van der Waals surface area (Å²) in [4.78, 5) is 18.4. The van der Waals surface area contributed by atoms with Gasteiger partial charge in [-0.3, -0.25) is 15.1 Å². The van der Waals surface area contributed by atoms with Crippen LogP contribution < -0.4 is 5.73 Å². The van der Waals surface area contributed by atoms with Gasteiger partial charge >= 0.3 is 0 Å². The van der Waals surface area contributed by atoms with E-state index >= 15 is 0 Å². The number of hydrogen-bond donors (Lipinski definition) is 2. The largest absolute Gasteiger partial charge is 0.387 e. The van der Waals surface area contributed by atoms with Gasteiger partial charge in [0.2, 0.25) is 5.91 Å². The zero-order valence-electron chi connectivity index (χ0n) is 19.1. The molecule has 3 aliphatic carbocycles. The Kier molecular flexibility index (Phi) is 6.57. The first-order chi connectivity index (χ1) is 15.1. The predicted molar refractivity (Wildman–Crippen MR) is 122 cm³/mol. The number of morpholine rings is 1. The minimum atomic E-state index is 0.0303. The fourth-order valence-electron chi connectivity index (χ4n) is 7.90. The van der Waals surface area contributed by atoms with Gasteiger partial charge in [-0.2, -0.15) is 0 Å². The number of fused-ring (bicyclic) bond motifs is 2. The topological polar surface area (TPSA) is 82.6 Å². The third kappa shape index (κ3) is 4.39. The summed E-state index contributed by atoms with van der Waals surface area (Å²) >= 11 is 0. The first-order valence-corrected chi connectivity index (χ1v) is 13.1. The van der Waals surface area contributed by atoms with E-state index in [1.807, 2.05) is 0 Å². The third-order valence-electron chi connectivity index (χ3n) is 9.52. The van der Waals surface area contributed by atoms with Crippen molar-refractivity contribution in [2.24, 2.45) is 35.3 Å². The summed E-state index contributed by atoms with van der Waals surface area (Å²) in [5, 5.41) is 8.05. The highest BCUT2D eigenvalue weighted by molar-refractivity contribution is 5.83. The average molecular weight is 431 g/mol. The van der Waals surface area contributed by atoms with Crippen molar-refractivity contribution in [3.8, 4) is 0 Å². The van der Waals surface area contributed by atoms with Gasteiger partial charge in [-0.15, -0.1) is 0 Å². The fourth-order valence-corrected chi connectivity index (χ4v) is 7.90. The Hall–Kier alpha value is -1.14. The molecule has 3 N–H and O–H groups in total. The molecule has 2 saturated heterocycles. The van der Waals surface area contributed by atoms with E-state index in [0.29, 0.717) is 36.9 Å². The SMILES string of the molecule is N=C(N)C1CCC2CC(C(=O)N3CCOCC3)N(CC3CCCC4CCCCC43)C2C1. The molecule has 0 aromatic heterocycles. The molecule has 0 bridgehead atoms. The second-order valence-corrected chi connectivity index (χ2v) is 11.1. The van der Waals surface area contributed by atoms with Crippen molar-refractivity contribution in [1.82, 2.24) is 9.80 Å². The van der Waals surface area contributed by atoms with Crippen LogP contribution in [0.1, 0.15) is 70.6 Å². The molecule has 6 heteroatoms. The number of ether oxygens (including phenoxy) is 1. The van der Waals surface area contributed by atoms with E-state index in [1.165, 1.54) is 44.9 Å². The molecule has 1 amide bonds. The first kappa shape index (κ1) is 21.7. The van der Waals surface area contributed by atoms with Crippen molar-refractivity contribution in [2.75, 3.05) is 32.8 Å². The molecule has 174 valence electrons. The lowest BCUT2D eigenvalue weighted by molar-refractivity contribution is -0.141. The summed E-state index contributed by atoms with van der Waals surface area (Å²) in [5.74, 6) is 4.03. The molecule has 5 rings (SSSR count). The Morgan fingerprint density at radius 3 is 2.52 bits per heavy atom. The van der Waals surface area contributed by atoms with Crippen LogP contribution in [0.4, 0.5) is 0 Å². The summed E-state index contributed by atoms with van der Waals surface area (Å²) < 4.78 is 5.51. The van der Waals surface area contributed by atoms with Gasteiger partial charge in [0.05, 0.1) is 25.1 Å². The number of carbonyl (C=O) groups is 1. The smallest absolute Gasteiger partial charge is 0.240 e. The van der Waals surface area contributed by atoms with Gasteiger partial charge in [-0.25, -0.2) is 0 Å². The maximum Gasteiger partial charge on any atom is 0.240 e. The molecule has 0 spiro atoms. The van der Waals surface area contributed by atoms with E-state index in [1.54, 1.807) is 0 Å². The predicted octanol–water partition coefficient (Wildman–Crippen LogP) is 3.25. The number of amides is 1. The van der Waals surface area contributed by atoms with Crippen molar-refractivity contribution < 1.29 is 9.53 Å². The Balaban J connectivity index is 1.36. The van der Waals surface area contributed by atoms with Gasteiger partial charge < -0.3 is 15.4 Å². The number of amidine groups is 1. The molecule has 6 nitrogen and oxygen atoms in total. The molecule has 5 fully saturated rings. The van der Waals surface area contributed by atoms with Gasteiger partial charge in [-0.1, -0.05) is 32.1 Å². The lowest BCUT2D eigenvalue weighted by Crippen LogP contribution is -2.53. The van der Waals surface area contributed by atoms with Crippen molar-refractivity contribution in [1.29, 1.82) is 5.41 Å². The fraction of sp³-hybridized carbons (Fsp3) is 0.920. The maximum atomic E-state index is 13.7. The first-order valence-electron chi connectivity index (χ1n) is 13.1. The highest BCUT2D eigenvalue weighted by Crippen LogP contribution is 2.47. The number of nitrogens with two attached hydrogens (primary N) is 1. The Morgan fingerprint density at radius 1 is 0.935 bits per heavy atom. The Bertz CT molecular complexity index is 662. The molecule has 5 aliphatic rings. The molecule has 2 aliphatic heterocycles. The van der Waals surface area contributed by atoms with Gasteiger partial charge in [0.25, 0.3) is 0 Å². The number of likely N-dealkylation sites (tertiary alicyclic amines) is 1. The van der Waals surface area contributed by atoms with Crippen LogP contribution in [-0.2, 0) is 9.53 Å². The standard InChI is InChI=1S/C25H42N4O2/c26-24(27)19-9-8-18-14-23(25(30)28-10-12-31-13-11-28)29(22(18)15-19)16-20-6-3-5-17-4-1-2-7-21(17)20/h17-23H,1-16H2,(H3,26,27). The number of nitrogens with zero attached hydrogens (tertiary/aromatic N) is 2. The minimum Gasteiger partial charge on any atom is -0.387 e. The van der Waals surface area contributed by atoms with E-state index in [2.05, 4.69) is 9.80 Å². The summed E-state index contributed by atoms with van der Waals surface area (Å²) in [7, 11) is 0. The number of rotatable bonds is 4. The number of hydrogen-bond acceptors (Lipinski definition) is 4. The van der Waals surface area contributed by atoms with Gasteiger partial charge in [-0.05, 0) is 62.2 Å². The van der Waals surface area contributed by atoms with Crippen LogP contribution in [0.15, 0.2) is 0 Å². The van der Waals surface area contributed by atoms with Gasteiger partial charge in [0.15, 0.2) is 0 Å². The van der Waals surface area contributed by atoms with E-state index < -0.39 is 0 Å². The molecule has 0 aromatic rings. The van der Waals surface area contributed by atoms with Crippen LogP contribution in [0.5, 0.6) is 0 Å². The Morgan fingerprint density at radius 2 is 1.71 bits per heavy atom. The number of nitrogens with one attached hydrogen (secondary N) is 1. The van der Waals surface area contributed by atoms with E-state index in [4.69, 9.17) is 15.9 Å². The molecule has 31 heavy (non-hydrogen) atoms. The van der Waals surface area contributed by atoms with Crippen molar-refractivity contribution >= 4 is 11.7 Å². The van der Waals surface area contributed by atoms with Crippen LogP contribution in [-0.4, -0.2) is 66.5 Å². The Labute approximate surface area is 187 Å². The number of carbonyl (C=O) groups excluding carboxylic acids is 1. The van der Waals surface area contributed by atoms with E-state index in [-0.39, 0.29) is 12.0 Å². The summed E-state index contributed by atoms with van der Waals surface area (Å²) in [6.07, 6.45) is 13.9. The summed E-state index contributed by atoms with van der Waals surface area (Å²) in [6.45, 7) is 3.91. The second-order valence-electron chi connectivity index (χ2n) is 11.1. The zero-order valence-corrected chi connectivity index (χ0v) is 19.1. The van der Waals surface area contributed by atoms with Crippen LogP contribution in [0.3, 0.4) is 0 Å². The minimum absolute atomic E-state index is 0.0303. The summed E-state index contributed by atoms with van der Waals surface area (Å²) in [6, 6.07) is 0.462. The lowest BCUT2D eigenvalue weighted by atomic mass is 9.65. The molecule has 0 aromatic carbocycles. The van der Waals surface area contributed by atoms with Crippen LogP contribution in [0.2, 0.25) is 0 Å². The van der Waals surface area contributed by atoms with Crippen molar-refractivity contribution in [3.05, 3.63) is 0 Å². The third-order valence-corrected chi connectivity index (χ3v) is 9.52. The quantitative estimate of drug-likeness (QED) is 0.530. The van der Waals surface area contributed by atoms with Crippen molar-refractivity contribution in [3.63, 3.8) is 0 Å². The second kappa shape index (κ2) is 9.38. The normalized spacial score (nSPS) is 41.4. The van der Waals surface area contributed by atoms with Crippen LogP contribution >= 0.6 is 0 Å². The monoisotopic (exact) mass is 430 g/mol. The average Bonchev–Trinajstić information content (AvgIpc) is 3.17. The highest BCUT2D eigenvalue weighted by atomic mass is 16.5. The molecular formula is C25H42N4O2. The van der Waals surface area contributed by atoms with Crippen LogP contribution in [0.25, 0.3) is 0 Å². The van der Waals surface area contributed by atoms with Gasteiger partial charge in [0, 0.05) is 31.6 Å². The highest BCUT2D eigenvalue weighted by Gasteiger charge is 2.49. The molecular weight excluding hydrogens is 388 g/mol. The van der Waals surface area contributed by atoms with Crippen LogP contribution in [0, 0.1) is 35.0 Å². The lowest BCUT2D eigenvalue weighted by Gasteiger charge is -2.45.